The van der Waals surface area contributed by atoms with Crippen molar-refractivity contribution in [1.29, 1.82) is 0 Å². The molecule has 2 aromatic rings. The first kappa shape index (κ1) is 19.0. The molecule has 1 amide bonds. The summed E-state index contributed by atoms with van der Waals surface area (Å²) in [6, 6.07) is 14.8. The zero-order valence-corrected chi connectivity index (χ0v) is 15.7. The summed E-state index contributed by atoms with van der Waals surface area (Å²) < 4.78 is 11.2. The van der Waals surface area contributed by atoms with Crippen LogP contribution in [-0.4, -0.2) is 25.1 Å². The lowest BCUT2D eigenvalue weighted by Crippen LogP contribution is -2.32. The van der Waals surface area contributed by atoms with E-state index in [-0.39, 0.29) is 25.2 Å². The van der Waals surface area contributed by atoms with Crippen LogP contribution in [0.15, 0.2) is 53.0 Å². The summed E-state index contributed by atoms with van der Waals surface area (Å²) in [5, 5.41) is 2.79. The van der Waals surface area contributed by atoms with E-state index in [2.05, 4.69) is 21.2 Å². The Kier molecular flexibility index (Phi) is 7.01. The Morgan fingerprint density at radius 2 is 1.76 bits per heavy atom. The lowest BCUT2D eigenvalue weighted by atomic mass is 10.1. The summed E-state index contributed by atoms with van der Waals surface area (Å²) in [6.07, 6.45) is 0. The number of nitrogens with one attached hydrogen (secondary N) is 1. The van der Waals surface area contributed by atoms with Gasteiger partial charge in [0.1, 0.15) is 5.75 Å². The van der Waals surface area contributed by atoms with Crippen molar-refractivity contribution in [3.05, 3.63) is 64.1 Å². The highest BCUT2D eigenvalue weighted by Crippen LogP contribution is 2.22. The van der Waals surface area contributed by atoms with Crippen molar-refractivity contribution in [2.45, 2.75) is 19.9 Å². The van der Waals surface area contributed by atoms with E-state index in [1.54, 1.807) is 6.07 Å². The molecule has 0 saturated carbocycles. The highest BCUT2D eigenvalue weighted by atomic mass is 79.9. The lowest BCUT2D eigenvalue weighted by molar-refractivity contribution is -0.150. The third-order valence-corrected chi connectivity index (χ3v) is 4.27. The molecule has 1 N–H and O–H groups in total. The molecule has 0 saturated heterocycles. The second-order valence-electron chi connectivity index (χ2n) is 5.53. The number of rotatable bonds is 7. The molecule has 0 aromatic heterocycles. The number of para-hydroxylation sites is 1. The molecular formula is C19H20BrNO4. The third-order valence-electron chi connectivity index (χ3n) is 3.55. The summed E-state index contributed by atoms with van der Waals surface area (Å²) >= 11 is 3.44. The highest BCUT2D eigenvalue weighted by molar-refractivity contribution is 9.10. The molecule has 5 nitrogen and oxygen atoms in total. The zero-order valence-electron chi connectivity index (χ0n) is 14.1. The number of carbonyl (C=O) groups excluding carboxylic acids is 2. The number of esters is 1. The first-order valence-electron chi connectivity index (χ1n) is 7.85. The van der Waals surface area contributed by atoms with E-state index < -0.39 is 5.97 Å². The van der Waals surface area contributed by atoms with Gasteiger partial charge in [0.05, 0.1) is 6.04 Å². The van der Waals surface area contributed by atoms with Crippen molar-refractivity contribution in [2.24, 2.45) is 0 Å². The normalized spacial score (nSPS) is 11.5. The standard InChI is InChI=1S/C19H20BrNO4/c1-13-7-3-6-10-17(13)24-12-19(23)25-11-18(22)21-14(2)15-8-4-5-9-16(15)20/h3-10,14H,11-12H2,1-2H3,(H,21,22)/t14-/m0/s1. The summed E-state index contributed by atoms with van der Waals surface area (Å²) in [5.74, 6) is -0.342. The van der Waals surface area contributed by atoms with Crippen LogP contribution in [0, 0.1) is 6.92 Å². The van der Waals surface area contributed by atoms with Crippen LogP contribution in [0.4, 0.5) is 0 Å². The van der Waals surface area contributed by atoms with Gasteiger partial charge in [0, 0.05) is 4.47 Å². The Balaban J connectivity index is 1.75. The van der Waals surface area contributed by atoms with E-state index in [0.717, 1.165) is 15.6 Å². The number of carbonyl (C=O) groups is 2. The van der Waals surface area contributed by atoms with Crippen molar-refractivity contribution >= 4 is 27.8 Å². The van der Waals surface area contributed by atoms with E-state index in [1.807, 2.05) is 56.3 Å². The van der Waals surface area contributed by atoms with Gasteiger partial charge in [-0.25, -0.2) is 4.79 Å². The Bertz CT molecular complexity index is 748. The monoisotopic (exact) mass is 405 g/mol. The molecule has 1 atom stereocenters. The van der Waals surface area contributed by atoms with Crippen LogP contribution in [0.1, 0.15) is 24.1 Å². The van der Waals surface area contributed by atoms with E-state index in [4.69, 9.17) is 9.47 Å². The number of aryl methyl sites for hydroxylation is 1. The van der Waals surface area contributed by atoms with Gasteiger partial charge >= 0.3 is 5.97 Å². The predicted molar refractivity (Wildman–Crippen MR) is 98.3 cm³/mol. The van der Waals surface area contributed by atoms with Crippen molar-refractivity contribution in [1.82, 2.24) is 5.32 Å². The number of ether oxygens (including phenoxy) is 2. The molecular weight excluding hydrogens is 386 g/mol. The molecule has 0 radical (unpaired) electrons. The first-order chi connectivity index (χ1) is 12.0. The van der Waals surface area contributed by atoms with Crippen molar-refractivity contribution in [2.75, 3.05) is 13.2 Å². The number of amides is 1. The van der Waals surface area contributed by atoms with Crippen LogP contribution < -0.4 is 10.1 Å². The number of hydrogen-bond donors (Lipinski definition) is 1. The van der Waals surface area contributed by atoms with Gasteiger partial charge in [0.2, 0.25) is 0 Å². The minimum absolute atomic E-state index is 0.204. The van der Waals surface area contributed by atoms with Crippen LogP contribution in [-0.2, 0) is 14.3 Å². The van der Waals surface area contributed by atoms with E-state index in [9.17, 15) is 9.59 Å². The minimum atomic E-state index is -0.591. The maximum absolute atomic E-state index is 11.9. The van der Waals surface area contributed by atoms with Crippen LogP contribution in [0.3, 0.4) is 0 Å². The number of hydrogen-bond acceptors (Lipinski definition) is 4. The zero-order chi connectivity index (χ0) is 18.2. The van der Waals surface area contributed by atoms with Crippen LogP contribution >= 0.6 is 15.9 Å². The quantitative estimate of drug-likeness (QED) is 0.715. The molecule has 132 valence electrons. The Morgan fingerprint density at radius 1 is 1.08 bits per heavy atom. The molecule has 0 bridgehead atoms. The minimum Gasteiger partial charge on any atom is -0.482 e. The van der Waals surface area contributed by atoms with Gasteiger partial charge in [-0.05, 0) is 37.1 Å². The Labute approximate surface area is 155 Å². The molecule has 0 heterocycles. The topological polar surface area (TPSA) is 64.6 Å². The summed E-state index contributed by atoms with van der Waals surface area (Å²) in [5.41, 5.74) is 1.88. The SMILES string of the molecule is Cc1ccccc1OCC(=O)OCC(=O)N[C@@H](C)c1ccccc1Br. The van der Waals surface area contributed by atoms with Gasteiger partial charge in [-0.1, -0.05) is 52.3 Å². The second-order valence-corrected chi connectivity index (χ2v) is 6.38. The summed E-state index contributed by atoms with van der Waals surface area (Å²) in [6.45, 7) is 3.17. The van der Waals surface area contributed by atoms with Gasteiger partial charge in [0.15, 0.2) is 13.2 Å². The molecule has 0 unspecified atom stereocenters. The Morgan fingerprint density at radius 3 is 2.48 bits per heavy atom. The molecule has 6 heteroatoms. The molecule has 0 fully saturated rings. The van der Waals surface area contributed by atoms with Gasteiger partial charge in [-0.2, -0.15) is 0 Å². The molecule has 2 rings (SSSR count). The Hall–Kier alpha value is -2.34. The van der Waals surface area contributed by atoms with Crippen molar-refractivity contribution < 1.29 is 19.1 Å². The van der Waals surface area contributed by atoms with Gasteiger partial charge < -0.3 is 14.8 Å². The van der Waals surface area contributed by atoms with Crippen molar-refractivity contribution in [3.8, 4) is 5.75 Å². The van der Waals surface area contributed by atoms with E-state index in [0.29, 0.717) is 5.75 Å². The highest BCUT2D eigenvalue weighted by Gasteiger charge is 2.14. The third kappa shape index (κ3) is 5.90. The van der Waals surface area contributed by atoms with Gasteiger partial charge in [0.25, 0.3) is 5.91 Å². The maximum Gasteiger partial charge on any atom is 0.344 e. The average Bonchev–Trinajstić information content (AvgIpc) is 2.59. The fourth-order valence-corrected chi connectivity index (χ4v) is 2.86. The van der Waals surface area contributed by atoms with Gasteiger partial charge in [-0.3, -0.25) is 4.79 Å². The van der Waals surface area contributed by atoms with Crippen LogP contribution in [0.25, 0.3) is 0 Å². The molecule has 0 aliphatic rings. The van der Waals surface area contributed by atoms with Gasteiger partial charge in [-0.15, -0.1) is 0 Å². The smallest absolute Gasteiger partial charge is 0.344 e. The summed E-state index contributed by atoms with van der Waals surface area (Å²) in [7, 11) is 0. The fourth-order valence-electron chi connectivity index (χ4n) is 2.23. The number of halogens is 1. The molecule has 0 spiro atoms. The maximum atomic E-state index is 11.9. The van der Waals surface area contributed by atoms with E-state index in [1.165, 1.54) is 0 Å². The van der Waals surface area contributed by atoms with Crippen LogP contribution in [0.5, 0.6) is 5.75 Å². The second kappa shape index (κ2) is 9.22. The molecule has 2 aromatic carbocycles. The molecule has 0 aliphatic heterocycles. The summed E-state index contributed by atoms with van der Waals surface area (Å²) in [4.78, 5) is 23.6. The van der Waals surface area contributed by atoms with Crippen LogP contribution in [0.2, 0.25) is 0 Å². The fraction of sp³-hybridized carbons (Fsp3) is 0.263. The number of benzene rings is 2. The first-order valence-corrected chi connectivity index (χ1v) is 8.64. The van der Waals surface area contributed by atoms with E-state index >= 15 is 0 Å². The molecule has 0 aliphatic carbocycles. The average molecular weight is 406 g/mol. The largest absolute Gasteiger partial charge is 0.482 e. The molecule has 25 heavy (non-hydrogen) atoms. The predicted octanol–water partition coefficient (Wildman–Crippen LogP) is 3.56. The van der Waals surface area contributed by atoms with Crippen molar-refractivity contribution in [3.63, 3.8) is 0 Å². The lowest BCUT2D eigenvalue weighted by Gasteiger charge is -2.16.